The molecule has 0 spiro atoms. The number of carbonyl (C=O) groups excluding carboxylic acids is 1. The first kappa shape index (κ1) is 14.2. The van der Waals surface area contributed by atoms with Crippen LogP contribution in [-0.2, 0) is 14.1 Å². The molecule has 0 radical (unpaired) electrons. The number of hydrogen-bond donors (Lipinski definition) is 2. The number of aromatic amines is 1. The van der Waals surface area contributed by atoms with E-state index in [1.54, 1.807) is 35.0 Å². The average molecular weight is 321 g/mol. The second kappa shape index (κ2) is 5.34. The molecule has 0 saturated carbocycles. The third-order valence-electron chi connectivity index (χ3n) is 3.73. The Labute approximate surface area is 137 Å². The Morgan fingerprint density at radius 3 is 2.58 bits per heavy atom. The number of pyridine rings is 1. The van der Waals surface area contributed by atoms with Gasteiger partial charge in [-0.2, -0.15) is 10.2 Å². The number of anilines is 1. The van der Waals surface area contributed by atoms with Crippen LogP contribution in [0.1, 0.15) is 10.4 Å². The molecule has 0 aliphatic rings. The van der Waals surface area contributed by atoms with Gasteiger partial charge in [-0.3, -0.25) is 14.2 Å². The van der Waals surface area contributed by atoms with Crippen molar-refractivity contribution in [2.75, 3.05) is 5.32 Å². The van der Waals surface area contributed by atoms with E-state index in [1.807, 2.05) is 25.4 Å². The highest BCUT2D eigenvalue weighted by molar-refractivity contribution is 6.04. The lowest BCUT2D eigenvalue weighted by atomic mass is 10.2. The van der Waals surface area contributed by atoms with E-state index in [2.05, 4.69) is 25.5 Å². The fourth-order valence-corrected chi connectivity index (χ4v) is 2.54. The van der Waals surface area contributed by atoms with E-state index < -0.39 is 0 Å². The second-order valence-electron chi connectivity index (χ2n) is 5.60. The van der Waals surface area contributed by atoms with Crippen LogP contribution in [0.5, 0.6) is 0 Å². The minimum absolute atomic E-state index is 0.242. The van der Waals surface area contributed by atoms with Crippen LogP contribution in [0, 0.1) is 0 Å². The molecule has 4 rings (SSSR count). The third kappa shape index (κ3) is 2.54. The second-order valence-corrected chi connectivity index (χ2v) is 5.60. The van der Waals surface area contributed by atoms with Crippen molar-refractivity contribution in [2.24, 2.45) is 14.1 Å². The number of rotatable bonds is 3. The van der Waals surface area contributed by atoms with E-state index in [1.165, 1.54) is 6.20 Å². The molecule has 1 amide bonds. The maximum Gasteiger partial charge on any atom is 0.260 e. The third-order valence-corrected chi connectivity index (χ3v) is 3.73. The van der Waals surface area contributed by atoms with Crippen molar-refractivity contribution in [1.82, 2.24) is 29.5 Å². The Kier molecular flexibility index (Phi) is 3.16. The highest BCUT2D eigenvalue weighted by atomic mass is 16.1. The Morgan fingerprint density at radius 2 is 1.88 bits per heavy atom. The van der Waals surface area contributed by atoms with Crippen LogP contribution in [0.4, 0.5) is 5.82 Å². The molecule has 4 aromatic rings. The van der Waals surface area contributed by atoms with Crippen molar-refractivity contribution < 1.29 is 4.79 Å². The van der Waals surface area contributed by atoms with Crippen LogP contribution in [0.25, 0.3) is 22.2 Å². The van der Waals surface area contributed by atoms with Gasteiger partial charge in [-0.05, 0) is 6.07 Å². The predicted molar refractivity (Wildman–Crippen MR) is 89.5 cm³/mol. The first-order valence-electron chi connectivity index (χ1n) is 7.36. The molecule has 4 heterocycles. The molecule has 0 bridgehead atoms. The van der Waals surface area contributed by atoms with Crippen LogP contribution >= 0.6 is 0 Å². The van der Waals surface area contributed by atoms with E-state index >= 15 is 0 Å². The zero-order chi connectivity index (χ0) is 16.7. The Bertz CT molecular complexity index is 1040. The highest BCUT2D eigenvalue weighted by Crippen LogP contribution is 2.24. The van der Waals surface area contributed by atoms with Crippen molar-refractivity contribution >= 4 is 22.6 Å². The van der Waals surface area contributed by atoms with E-state index in [0.29, 0.717) is 11.4 Å². The molecule has 0 aliphatic heterocycles. The monoisotopic (exact) mass is 321 g/mol. The predicted octanol–water partition coefficient (Wildman–Crippen LogP) is 1.95. The topological polar surface area (TPSA) is 93.4 Å². The van der Waals surface area contributed by atoms with Gasteiger partial charge in [0.15, 0.2) is 0 Å². The van der Waals surface area contributed by atoms with Gasteiger partial charge in [-0.25, -0.2) is 4.98 Å². The summed E-state index contributed by atoms with van der Waals surface area (Å²) in [4.78, 5) is 19.8. The fraction of sp³-hybridized carbons (Fsp3) is 0.125. The SMILES string of the molecule is Cn1cc(C(=O)Nc2cc3[nH]c(-c4cnn(C)c4)cc3cn2)cn1. The summed E-state index contributed by atoms with van der Waals surface area (Å²) in [5, 5.41) is 11.9. The van der Waals surface area contributed by atoms with Gasteiger partial charge in [-0.1, -0.05) is 0 Å². The number of hydrogen-bond acceptors (Lipinski definition) is 4. The molecule has 8 heteroatoms. The van der Waals surface area contributed by atoms with Crippen molar-refractivity contribution in [3.8, 4) is 11.3 Å². The summed E-state index contributed by atoms with van der Waals surface area (Å²) in [5.74, 6) is 0.241. The number of aryl methyl sites for hydroxylation is 2. The van der Waals surface area contributed by atoms with Gasteiger partial charge in [0.05, 0.1) is 23.5 Å². The summed E-state index contributed by atoms with van der Waals surface area (Å²) in [6.45, 7) is 0. The van der Waals surface area contributed by atoms with E-state index in [0.717, 1.165) is 22.2 Å². The summed E-state index contributed by atoms with van der Waals surface area (Å²) in [6, 6.07) is 3.82. The Balaban J connectivity index is 1.62. The number of amides is 1. The number of H-pyrrole nitrogens is 1. The molecule has 120 valence electrons. The number of fused-ring (bicyclic) bond motifs is 1. The molecule has 0 saturated heterocycles. The molecule has 4 aromatic heterocycles. The molecule has 2 N–H and O–H groups in total. The van der Waals surface area contributed by atoms with Crippen molar-refractivity contribution in [1.29, 1.82) is 0 Å². The molecule has 8 nitrogen and oxygen atoms in total. The number of nitrogens with one attached hydrogen (secondary N) is 2. The lowest BCUT2D eigenvalue weighted by Crippen LogP contribution is -2.12. The Hall–Kier alpha value is -3.42. The van der Waals surface area contributed by atoms with Gasteiger partial charge in [0.25, 0.3) is 5.91 Å². The summed E-state index contributed by atoms with van der Waals surface area (Å²) in [7, 11) is 3.64. The molecule has 0 aromatic carbocycles. The minimum Gasteiger partial charge on any atom is -0.354 e. The van der Waals surface area contributed by atoms with Gasteiger partial charge < -0.3 is 10.3 Å². The zero-order valence-electron chi connectivity index (χ0n) is 13.2. The smallest absolute Gasteiger partial charge is 0.260 e. The summed E-state index contributed by atoms with van der Waals surface area (Å²) >= 11 is 0. The van der Waals surface area contributed by atoms with Crippen molar-refractivity contribution in [3.63, 3.8) is 0 Å². The lowest BCUT2D eigenvalue weighted by Gasteiger charge is -2.02. The van der Waals surface area contributed by atoms with Crippen LogP contribution in [-0.4, -0.2) is 35.4 Å². The highest BCUT2D eigenvalue weighted by Gasteiger charge is 2.11. The number of nitrogens with zero attached hydrogens (tertiary/aromatic N) is 5. The quantitative estimate of drug-likeness (QED) is 0.603. The standard InChI is InChI=1S/C16H15N7O/c1-22-8-11(6-18-22)13-3-10-5-17-15(4-14(10)20-13)21-16(24)12-7-19-23(2)9-12/h3-9,20H,1-2H3,(H,17,21,24). The molecule has 0 fully saturated rings. The van der Waals surface area contributed by atoms with Gasteiger partial charge in [0, 0.05) is 55.4 Å². The number of carbonyl (C=O) groups is 1. The lowest BCUT2D eigenvalue weighted by molar-refractivity contribution is 0.102. The summed E-state index contributed by atoms with van der Waals surface area (Å²) in [6.07, 6.45) is 8.63. The molecule has 0 aliphatic carbocycles. The first-order chi connectivity index (χ1) is 11.6. The summed E-state index contributed by atoms with van der Waals surface area (Å²) < 4.78 is 3.33. The van der Waals surface area contributed by atoms with Gasteiger partial charge in [0.1, 0.15) is 5.82 Å². The molecule has 0 unspecified atom stereocenters. The maximum absolute atomic E-state index is 12.2. The average Bonchev–Trinajstić information content (AvgIpc) is 3.25. The Morgan fingerprint density at radius 1 is 1.08 bits per heavy atom. The maximum atomic E-state index is 12.2. The zero-order valence-corrected chi connectivity index (χ0v) is 13.2. The van der Waals surface area contributed by atoms with E-state index in [9.17, 15) is 4.79 Å². The minimum atomic E-state index is -0.242. The van der Waals surface area contributed by atoms with E-state index in [-0.39, 0.29) is 5.91 Å². The van der Waals surface area contributed by atoms with E-state index in [4.69, 9.17) is 0 Å². The largest absolute Gasteiger partial charge is 0.354 e. The molecular weight excluding hydrogens is 306 g/mol. The first-order valence-corrected chi connectivity index (χ1v) is 7.36. The van der Waals surface area contributed by atoms with Crippen LogP contribution in [0.3, 0.4) is 0 Å². The number of aromatic nitrogens is 6. The van der Waals surface area contributed by atoms with Crippen LogP contribution < -0.4 is 5.32 Å². The van der Waals surface area contributed by atoms with Gasteiger partial charge >= 0.3 is 0 Å². The summed E-state index contributed by atoms with van der Waals surface area (Å²) in [5.41, 5.74) is 3.33. The molecular formula is C16H15N7O. The van der Waals surface area contributed by atoms with Gasteiger partial charge in [0.2, 0.25) is 0 Å². The van der Waals surface area contributed by atoms with Crippen molar-refractivity contribution in [2.45, 2.75) is 0 Å². The van der Waals surface area contributed by atoms with Gasteiger partial charge in [-0.15, -0.1) is 0 Å². The normalized spacial score (nSPS) is 11.1. The fourth-order valence-electron chi connectivity index (χ4n) is 2.54. The van der Waals surface area contributed by atoms with Crippen molar-refractivity contribution in [3.05, 3.63) is 48.7 Å². The van der Waals surface area contributed by atoms with Crippen LogP contribution in [0.15, 0.2) is 43.1 Å². The van der Waals surface area contributed by atoms with Crippen LogP contribution in [0.2, 0.25) is 0 Å². The molecule has 24 heavy (non-hydrogen) atoms. The molecule has 0 atom stereocenters.